The van der Waals surface area contributed by atoms with Gasteiger partial charge in [-0.3, -0.25) is 9.59 Å². The Balaban J connectivity index is 1.67. The van der Waals surface area contributed by atoms with E-state index in [-0.39, 0.29) is 11.6 Å². The summed E-state index contributed by atoms with van der Waals surface area (Å²) in [6.45, 7) is 1.94. The van der Waals surface area contributed by atoms with Crippen molar-refractivity contribution in [2.75, 3.05) is 0 Å². The van der Waals surface area contributed by atoms with Gasteiger partial charge >= 0.3 is 0 Å². The molecule has 0 N–H and O–H groups in total. The molecule has 126 valence electrons. The normalized spacial score (nSPS) is 10.8. The lowest BCUT2D eigenvalue weighted by Gasteiger charge is -2.06. The third-order valence-electron chi connectivity index (χ3n) is 4.53. The van der Waals surface area contributed by atoms with Gasteiger partial charge in [-0.2, -0.15) is 0 Å². The Bertz CT molecular complexity index is 1110. The lowest BCUT2D eigenvalue weighted by Crippen LogP contribution is -2.08. The van der Waals surface area contributed by atoms with Gasteiger partial charge in [-0.05, 0) is 30.7 Å². The Morgan fingerprint density at radius 2 is 1.27 bits per heavy atom. The molecule has 0 bridgehead atoms. The second kappa shape index (κ2) is 6.45. The molecule has 0 aliphatic carbocycles. The molecule has 0 spiro atoms. The van der Waals surface area contributed by atoms with Crippen LogP contribution in [-0.4, -0.2) is 16.0 Å². The van der Waals surface area contributed by atoms with Crippen molar-refractivity contribution in [1.29, 1.82) is 0 Å². The van der Waals surface area contributed by atoms with Gasteiger partial charge in [0, 0.05) is 28.4 Å². The number of fused-ring (bicyclic) bond motifs is 1. The standard InChI is InChI=1S/C23H17NO2/c1-16-15-20-9-5-6-14-24(20)21(16)23(26)19-12-10-18(11-13-19)22(25)17-7-3-2-4-8-17/h2-15H,1H3. The van der Waals surface area contributed by atoms with E-state index in [4.69, 9.17) is 0 Å². The van der Waals surface area contributed by atoms with Crippen LogP contribution in [0.15, 0.2) is 85.1 Å². The first kappa shape index (κ1) is 16.0. The molecule has 3 heteroatoms. The minimum atomic E-state index is -0.0487. The van der Waals surface area contributed by atoms with E-state index in [9.17, 15) is 9.59 Å². The van der Waals surface area contributed by atoms with Crippen molar-refractivity contribution in [3.8, 4) is 0 Å². The van der Waals surface area contributed by atoms with Crippen LogP contribution in [0.4, 0.5) is 0 Å². The Morgan fingerprint density at radius 3 is 1.96 bits per heavy atom. The monoisotopic (exact) mass is 339 g/mol. The summed E-state index contributed by atoms with van der Waals surface area (Å²) in [5.41, 5.74) is 4.36. The summed E-state index contributed by atoms with van der Waals surface area (Å²) in [6, 6.07) is 23.8. The maximum atomic E-state index is 13.0. The molecule has 0 saturated carbocycles. The number of rotatable bonds is 4. The smallest absolute Gasteiger partial charge is 0.210 e. The van der Waals surface area contributed by atoms with E-state index in [2.05, 4.69) is 0 Å². The van der Waals surface area contributed by atoms with Crippen LogP contribution in [0.1, 0.15) is 37.5 Å². The van der Waals surface area contributed by atoms with Crippen LogP contribution in [0.25, 0.3) is 5.52 Å². The van der Waals surface area contributed by atoms with Crippen molar-refractivity contribution in [3.63, 3.8) is 0 Å². The van der Waals surface area contributed by atoms with Gasteiger partial charge in [0.05, 0.1) is 5.69 Å². The fourth-order valence-electron chi connectivity index (χ4n) is 3.21. The number of hydrogen-bond donors (Lipinski definition) is 0. The average Bonchev–Trinajstić information content (AvgIpc) is 3.03. The summed E-state index contributed by atoms with van der Waals surface area (Å²) in [6.07, 6.45) is 1.89. The van der Waals surface area contributed by atoms with E-state index in [1.54, 1.807) is 36.4 Å². The summed E-state index contributed by atoms with van der Waals surface area (Å²) in [7, 11) is 0. The van der Waals surface area contributed by atoms with Crippen LogP contribution < -0.4 is 0 Å². The van der Waals surface area contributed by atoms with Gasteiger partial charge in [0.2, 0.25) is 5.78 Å². The van der Waals surface area contributed by atoms with Crippen LogP contribution in [-0.2, 0) is 0 Å². The molecule has 0 aliphatic heterocycles. The number of nitrogens with zero attached hydrogens (tertiary/aromatic N) is 1. The van der Waals surface area contributed by atoms with Crippen LogP contribution in [0.2, 0.25) is 0 Å². The number of benzene rings is 2. The summed E-state index contributed by atoms with van der Waals surface area (Å²) in [5, 5.41) is 0. The maximum Gasteiger partial charge on any atom is 0.210 e. The second-order valence-electron chi connectivity index (χ2n) is 6.27. The molecule has 0 aliphatic rings. The van der Waals surface area contributed by atoms with E-state index in [0.29, 0.717) is 22.4 Å². The first-order valence-electron chi connectivity index (χ1n) is 8.46. The molecular formula is C23H17NO2. The first-order chi connectivity index (χ1) is 12.6. The minimum absolute atomic E-state index is 0.0473. The van der Waals surface area contributed by atoms with Crippen LogP contribution >= 0.6 is 0 Å². The van der Waals surface area contributed by atoms with Gasteiger partial charge in [0.15, 0.2) is 5.78 Å². The molecule has 4 rings (SSSR count). The summed E-state index contributed by atoms with van der Waals surface area (Å²) in [5.74, 6) is -0.0960. The SMILES string of the molecule is Cc1cc2ccccn2c1C(=O)c1ccc(C(=O)c2ccccc2)cc1. The van der Waals surface area contributed by atoms with Crippen molar-refractivity contribution >= 4 is 17.1 Å². The number of aryl methyl sites for hydroxylation is 1. The molecule has 0 saturated heterocycles. The molecule has 2 heterocycles. The lowest BCUT2D eigenvalue weighted by molar-refractivity contribution is 0.102. The van der Waals surface area contributed by atoms with Crippen molar-refractivity contribution in [3.05, 3.63) is 113 Å². The van der Waals surface area contributed by atoms with Crippen LogP contribution in [0.5, 0.6) is 0 Å². The van der Waals surface area contributed by atoms with Crippen LogP contribution in [0.3, 0.4) is 0 Å². The molecule has 0 radical (unpaired) electrons. The van der Waals surface area contributed by atoms with Crippen molar-refractivity contribution < 1.29 is 9.59 Å². The number of pyridine rings is 1. The quantitative estimate of drug-likeness (QED) is 0.505. The molecule has 26 heavy (non-hydrogen) atoms. The highest BCUT2D eigenvalue weighted by molar-refractivity contribution is 6.12. The van der Waals surface area contributed by atoms with Crippen LogP contribution in [0, 0.1) is 6.92 Å². The van der Waals surface area contributed by atoms with E-state index in [1.807, 2.05) is 60.0 Å². The summed E-state index contributed by atoms with van der Waals surface area (Å²) in [4.78, 5) is 25.5. The Labute approximate surface area is 151 Å². The first-order valence-corrected chi connectivity index (χ1v) is 8.46. The van der Waals surface area contributed by atoms with E-state index < -0.39 is 0 Å². The number of carbonyl (C=O) groups excluding carboxylic acids is 2. The summed E-state index contributed by atoms with van der Waals surface area (Å²) < 4.78 is 1.90. The molecule has 4 aromatic rings. The fraction of sp³-hybridized carbons (Fsp3) is 0.0435. The van der Waals surface area contributed by atoms with Gasteiger partial charge in [0.1, 0.15) is 0 Å². The summed E-state index contributed by atoms with van der Waals surface area (Å²) >= 11 is 0. The van der Waals surface area contributed by atoms with E-state index >= 15 is 0 Å². The number of ketones is 2. The van der Waals surface area contributed by atoms with Gasteiger partial charge < -0.3 is 4.40 Å². The molecule has 0 amide bonds. The average molecular weight is 339 g/mol. The highest BCUT2D eigenvalue weighted by atomic mass is 16.1. The van der Waals surface area contributed by atoms with E-state index in [0.717, 1.165) is 11.1 Å². The highest BCUT2D eigenvalue weighted by Gasteiger charge is 2.17. The minimum Gasteiger partial charge on any atom is -0.313 e. The zero-order valence-electron chi connectivity index (χ0n) is 14.3. The Hall–Kier alpha value is -3.46. The predicted molar refractivity (Wildman–Crippen MR) is 102 cm³/mol. The third-order valence-corrected chi connectivity index (χ3v) is 4.53. The van der Waals surface area contributed by atoms with Crippen molar-refractivity contribution in [2.24, 2.45) is 0 Å². The maximum absolute atomic E-state index is 13.0. The number of aromatic nitrogens is 1. The highest BCUT2D eigenvalue weighted by Crippen LogP contribution is 2.20. The van der Waals surface area contributed by atoms with E-state index in [1.165, 1.54) is 0 Å². The second-order valence-corrected chi connectivity index (χ2v) is 6.27. The Kier molecular flexibility index (Phi) is 3.98. The Morgan fingerprint density at radius 1 is 0.692 bits per heavy atom. The van der Waals surface area contributed by atoms with Crippen molar-refractivity contribution in [2.45, 2.75) is 6.92 Å². The zero-order chi connectivity index (χ0) is 18.1. The molecule has 0 atom stereocenters. The molecule has 2 aromatic carbocycles. The number of carbonyl (C=O) groups is 2. The van der Waals surface area contributed by atoms with Gasteiger partial charge in [-0.1, -0.05) is 60.7 Å². The molecule has 0 fully saturated rings. The lowest BCUT2D eigenvalue weighted by atomic mass is 9.99. The molecule has 0 unspecified atom stereocenters. The fourth-order valence-corrected chi connectivity index (χ4v) is 3.21. The van der Waals surface area contributed by atoms with Crippen molar-refractivity contribution in [1.82, 2.24) is 4.40 Å². The van der Waals surface area contributed by atoms with Gasteiger partial charge in [-0.15, -0.1) is 0 Å². The topological polar surface area (TPSA) is 38.5 Å². The number of hydrogen-bond acceptors (Lipinski definition) is 2. The molecule has 2 aromatic heterocycles. The third kappa shape index (κ3) is 2.74. The molecular weight excluding hydrogens is 322 g/mol. The zero-order valence-corrected chi connectivity index (χ0v) is 14.3. The van der Waals surface area contributed by atoms with Gasteiger partial charge in [-0.25, -0.2) is 0 Å². The largest absolute Gasteiger partial charge is 0.313 e. The van der Waals surface area contributed by atoms with Gasteiger partial charge in [0.25, 0.3) is 0 Å². The molecule has 3 nitrogen and oxygen atoms in total. The predicted octanol–water partition coefficient (Wildman–Crippen LogP) is 4.71.